The van der Waals surface area contributed by atoms with Crippen LogP contribution in [0.4, 0.5) is 0 Å². The SMILES string of the molecule is N[C@@H](Cc1c[nH]cn1)C(=O)NCCO. The molecule has 1 aromatic rings. The van der Waals surface area contributed by atoms with Crippen LogP contribution in [0.2, 0.25) is 0 Å². The molecule has 1 amide bonds. The number of H-pyrrole nitrogens is 1. The normalized spacial score (nSPS) is 12.4. The van der Waals surface area contributed by atoms with Crippen molar-refractivity contribution in [2.45, 2.75) is 12.5 Å². The standard InChI is InChI=1S/C8H14N4O2/c9-7(8(14)11-1-2-13)3-6-4-10-5-12-6/h4-5,7,13H,1-3,9H2,(H,10,12)(H,11,14)/t7-/m0/s1. The van der Waals surface area contributed by atoms with Gasteiger partial charge in [-0.1, -0.05) is 0 Å². The number of aliphatic hydroxyl groups excluding tert-OH is 1. The highest BCUT2D eigenvalue weighted by atomic mass is 16.3. The zero-order chi connectivity index (χ0) is 10.4. The monoisotopic (exact) mass is 198 g/mol. The van der Waals surface area contributed by atoms with Gasteiger partial charge in [-0.2, -0.15) is 0 Å². The lowest BCUT2D eigenvalue weighted by molar-refractivity contribution is -0.122. The van der Waals surface area contributed by atoms with E-state index >= 15 is 0 Å². The van der Waals surface area contributed by atoms with Gasteiger partial charge in [0.2, 0.25) is 5.91 Å². The van der Waals surface area contributed by atoms with Crippen LogP contribution >= 0.6 is 0 Å². The van der Waals surface area contributed by atoms with E-state index in [4.69, 9.17) is 10.8 Å². The molecule has 14 heavy (non-hydrogen) atoms. The number of nitrogens with zero attached hydrogens (tertiary/aromatic N) is 1. The summed E-state index contributed by atoms with van der Waals surface area (Å²) in [7, 11) is 0. The van der Waals surface area contributed by atoms with E-state index in [0.29, 0.717) is 6.42 Å². The summed E-state index contributed by atoms with van der Waals surface area (Å²) in [4.78, 5) is 18.0. The van der Waals surface area contributed by atoms with Gasteiger partial charge in [0.25, 0.3) is 0 Å². The molecule has 0 aromatic carbocycles. The van der Waals surface area contributed by atoms with Crippen LogP contribution in [0.25, 0.3) is 0 Å². The van der Waals surface area contributed by atoms with Gasteiger partial charge in [0.05, 0.1) is 24.7 Å². The number of carbonyl (C=O) groups excluding carboxylic acids is 1. The van der Waals surface area contributed by atoms with Crippen molar-refractivity contribution in [3.8, 4) is 0 Å². The van der Waals surface area contributed by atoms with Crippen molar-refractivity contribution in [1.29, 1.82) is 0 Å². The van der Waals surface area contributed by atoms with Gasteiger partial charge in [-0.05, 0) is 0 Å². The summed E-state index contributed by atoms with van der Waals surface area (Å²) in [5.74, 6) is -0.276. The predicted molar refractivity (Wildman–Crippen MR) is 50.4 cm³/mol. The van der Waals surface area contributed by atoms with Gasteiger partial charge >= 0.3 is 0 Å². The Bertz CT molecular complexity index is 273. The second-order valence-electron chi connectivity index (χ2n) is 2.89. The zero-order valence-electron chi connectivity index (χ0n) is 7.73. The summed E-state index contributed by atoms with van der Waals surface area (Å²) in [6, 6.07) is -0.621. The van der Waals surface area contributed by atoms with E-state index in [9.17, 15) is 4.79 Å². The molecule has 0 radical (unpaired) electrons. The largest absolute Gasteiger partial charge is 0.395 e. The number of carbonyl (C=O) groups is 1. The van der Waals surface area contributed by atoms with Crippen LogP contribution in [0.3, 0.4) is 0 Å². The van der Waals surface area contributed by atoms with E-state index in [1.165, 1.54) is 6.33 Å². The molecule has 0 aliphatic rings. The highest BCUT2D eigenvalue weighted by Gasteiger charge is 2.13. The van der Waals surface area contributed by atoms with Crippen molar-refractivity contribution in [3.05, 3.63) is 18.2 Å². The average molecular weight is 198 g/mol. The van der Waals surface area contributed by atoms with Gasteiger partial charge in [0.1, 0.15) is 0 Å². The molecular weight excluding hydrogens is 184 g/mol. The van der Waals surface area contributed by atoms with E-state index in [1.807, 2.05) is 0 Å². The molecule has 0 saturated heterocycles. The zero-order valence-corrected chi connectivity index (χ0v) is 7.73. The highest BCUT2D eigenvalue weighted by Crippen LogP contribution is 1.95. The smallest absolute Gasteiger partial charge is 0.237 e. The molecule has 1 aromatic heterocycles. The summed E-state index contributed by atoms with van der Waals surface area (Å²) in [6.07, 6.45) is 3.62. The third-order valence-corrected chi connectivity index (χ3v) is 1.73. The molecule has 0 spiro atoms. The summed E-state index contributed by atoms with van der Waals surface area (Å²) >= 11 is 0. The molecule has 1 heterocycles. The van der Waals surface area contributed by atoms with Crippen LogP contribution in [0, 0.1) is 0 Å². The fraction of sp³-hybridized carbons (Fsp3) is 0.500. The first-order valence-corrected chi connectivity index (χ1v) is 4.36. The lowest BCUT2D eigenvalue weighted by atomic mass is 10.1. The van der Waals surface area contributed by atoms with E-state index < -0.39 is 6.04 Å². The summed E-state index contributed by atoms with van der Waals surface area (Å²) < 4.78 is 0. The molecule has 0 unspecified atom stereocenters. The predicted octanol–water partition coefficient (Wildman–Crippen LogP) is -1.61. The van der Waals surface area contributed by atoms with Crippen molar-refractivity contribution in [1.82, 2.24) is 15.3 Å². The van der Waals surface area contributed by atoms with E-state index in [2.05, 4.69) is 15.3 Å². The maximum Gasteiger partial charge on any atom is 0.237 e. The van der Waals surface area contributed by atoms with Crippen molar-refractivity contribution in [2.75, 3.05) is 13.2 Å². The minimum atomic E-state index is -0.621. The second-order valence-corrected chi connectivity index (χ2v) is 2.89. The Morgan fingerprint density at radius 3 is 3.14 bits per heavy atom. The molecule has 6 heteroatoms. The van der Waals surface area contributed by atoms with Crippen LogP contribution in [0.15, 0.2) is 12.5 Å². The maximum atomic E-state index is 11.2. The average Bonchev–Trinajstić information content (AvgIpc) is 2.66. The number of amides is 1. The summed E-state index contributed by atoms with van der Waals surface area (Å²) in [5, 5.41) is 11.0. The lowest BCUT2D eigenvalue weighted by Crippen LogP contribution is -2.43. The van der Waals surface area contributed by atoms with Gasteiger partial charge in [-0.3, -0.25) is 4.79 Å². The van der Waals surface area contributed by atoms with E-state index in [1.54, 1.807) is 6.20 Å². The van der Waals surface area contributed by atoms with Gasteiger partial charge < -0.3 is 21.1 Å². The molecule has 0 saturated carbocycles. The molecule has 5 N–H and O–H groups in total. The van der Waals surface area contributed by atoms with E-state index in [-0.39, 0.29) is 19.1 Å². The molecule has 0 aliphatic carbocycles. The molecule has 0 fully saturated rings. The Morgan fingerprint density at radius 1 is 1.79 bits per heavy atom. The Balaban J connectivity index is 2.34. The number of hydrogen-bond acceptors (Lipinski definition) is 4. The molecule has 0 bridgehead atoms. The fourth-order valence-corrected chi connectivity index (χ4v) is 1.03. The topological polar surface area (TPSA) is 104 Å². The quantitative estimate of drug-likeness (QED) is 0.457. The van der Waals surface area contributed by atoms with Crippen LogP contribution in [0.1, 0.15) is 5.69 Å². The second kappa shape index (κ2) is 5.36. The van der Waals surface area contributed by atoms with Crippen molar-refractivity contribution in [3.63, 3.8) is 0 Å². The Labute approximate surface area is 81.5 Å². The van der Waals surface area contributed by atoms with E-state index in [0.717, 1.165) is 5.69 Å². The first kappa shape index (κ1) is 10.7. The molecule has 6 nitrogen and oxygen atoms in total. The van der Waals surface area contributed by atoms with Crippen LogP contribution < -0.4 is 11.1 Å². The molecule has 1 rings (SSSR count). The van der Waals surface area contributed by atoms with Crippen LogP contribution in [-0.4, -0.2) is 40.2 Å². The molecule has 1 atom stereocenters. The van der Waals surface area contributed by atoms with Gasteiger partial charge in [0.15, 0.2) is 0 Å². The van der Waals surface area contributed by atoms with Gasteiger partial charge in [-0.25, -0.2) is 4.98 Å². The van der Waals surface area contributed by atoms with Crippen LogP contribution in [-0.2, 0) is 11.2 Å². The van der Waals surface area contributed by atoms with Gasteiger partial charge in [0, 0.05) is 19.2 Å². The number of rotatable bonds is 5. The number of hydrogen-bond donors (Lipinski definition) is 4. The first-order valence-electron chi connectivity index (χ1n) is 4.36. The Morgan fingerprint density at radius 2 is 2.57 bits per heavy atom. The van der Waals surface area contributed by atoms with Crippen molar-refractivity contribution >= 4 is 5.91 Å². The number of imidazole rings is 1. The van der Waals surface area contributed by atoms with Crippen molar-refractivity contribution < 1.29 is 9.90 Å². The number of aliphatic hydroxyl groups is 1. The van der Waals surface area contributed by atoms with Crippen molar-refractivity contribution in [2.24, 2.45) is 5.73 Å². The van der Waals surface area contributed by atoms with Gasteiger partial charge in [-0.15, -0.1) is 0 Å². The number of nitrogens with one attached hydrogen (secondary N) is 2. The minimum absolute atomic E-state index is 0.0825. The molecule has 0 aliphatic heterocycles. The summed E-state index contributed by atoms with van der Waals surface area (Å²) in [6.45, 7) is 0.147. The minimum Gasteiger partial charge on any atom is -0.395 e. The Hall–Kier alpha value is -1.40. The number of aromatic nitrogens is 2. The third kappa shape index (κ3) is 3.15. The maximum absolute atomic E-state index is 11.2. The number of aromatic amines is 1. The Kier molecular flexibility index (Phi) is 4.09. The highest BCUT2D eigenvalue weighted by molar-refractivity contribution is 5.81. The number of nitrogens with two attached hydrogens (primary N) is 1. The lowest BCUT2D eigenvalue weighted by Gasteiger charge is -2.09. The summed E-state index contributed by atoms with van der Waals surface area (Å²) in [5.41, 5.74) is 6.35. The first-order chi connectivity index (χ1) is 6.74. The van der Waals surface area contributed by atoms with Crippen LogP contribution in [0.5, 0.6) is 0 Å². The fourth-order valence-electron chi connectivity index (χ4n) is 1.03. The molecule has 78 valence electrons. The molecular formula is C8H14N4O2. The third-order valence-electron chi connectivity index (χ3n) is 1.73.